The molecule has 0 radical (unpaired) electrons. The summed E-state index contributed by atoms with van der Waals surface area (Å²) in [6.07, 6.45) is 48.3. The van der Waals surface area contributed by atoms with Crippen LogP contribution in [-0.2, 0) is 67.0 Å². The molecule has 133 heavy (non-hydrogen) atoms. The normalized spacial score (nSPS) is 41.9. The lowest BCUT2D eigenvalue weighted by Crippen LogP contribution is -2.62. The molecule has 0 aromatic rings. The van der Waals surface area contributed by atoms with Crippen molar-refractivity contribution in [1.29, 1.82) is 0 Å². The zero-order valence-corrected chi connectivity index (χ0v) is 85.2. The standard InChI is InChI=1S/C30H49NO5S.C29H48N2O4.C29H47NO5.C22H39NO3/c1-21-8-11-26-29(2,16-12-27-30(26,3)20-35-28(36-27)22-6-4-5-7-22)25(21)15-19-34-23-13-17-31(18-14-23)37(32,33)24-9-10-24;1-20-8-9-24-28(2,23(20)13-17-33-22-11-15-31(16-12-22)26(32)18-30)14-10-25-29(24,3)19-34-27(35-25)21-6-4-5-7-21;1-20-8-9-24-28(2,23(20)13-17-33-22-11-15-30(16-12-22)18-26(31)32)14-10-25-29(24,3)19-34-27(35-25)21-6-4-5-7-21;1-16-5-6-19-21(2,11-7-20(25)22(19,3)15-24)18(16)10-14-26-17-8-12-23(4)13-9-17/h22-28H,1,4-20H2,2-3H3;21-25,27H,1,4-19,30H2,2-3H3;21-25,27H,1,4-19H2,2-3H3,(H,31,32);17-20,24-25H,1,5-15H2,2-4H3/t25-,26?,27-,28-,29+,30+;2*23-,24?,25-,27-,28+,29+;18-,19?,20-,21+,22+/m1111/s1. The molecule has 0 aromatic heterocycles. The Morgan fingerprint density at radius 3 is 1.07 bits per heavy atom. The summed E-state index contributed by atoms with van der Waals surface area (Å²) < 4.78 is 91.8. The van der Waals surface area contributed by atoms with E-state index >= 15 is 0 Å². The van der Waals surface area contributed by atoms with E-state index in [1.165, 1.54) is 138 Å². The molecule has 7 aliphatic heterocycles. The summed E-state index contributed by atoms with van der Waals surface area (Å²) in [5.74, 6) is 5.09. The molecule has 5 N–H and O–H groups in total. The maximum Gasteiger partial charge on any atom is 0.317 e. The quantitative estimate of drug-likeness (QED) is 0.0619. The number of nitrogens with two attached hydrogens (primary N) is 1. The molecule has 19 aliphatic rings. The number of carboxylic acids is 1. The number of carboxylic acid groups (broad SMARTS) is 1. The van der Waals surface area contributed by atoms with Gasteiger partial charge in [-0.1, -0.05) is 143 Å². The smallest absolute Gasteiger partial charge is 0.317 e. The second kappa shape index (κ2) is 43.8. The Bertz CT molecular complexity index is 3990. The number of hydrogen-bond acceptors (Lipinski definition) is 19. The fraction of sp³-hybridized carbons (Fsp3) is 0.909. The number of carbonyl (C=O) groups is 2. The Balaban J connectivity index is 0.000000130. The number of ether oxygens (including phenoxy) is 10. The van der Waals surface area contributed by atoms with Crippen LogP contribution in [0.15, 0.2) is 48.6 Å². The number of amides is 1. The number of piperidine rings is 4. The predicted octanol–water partition coefficient (Wildman–Crippen LogP) is 18.8. The highest BCUT2D eigenvalue weighted by Gasteiger charge is 2.65. The summed E-state index contributed by atoms with van der Waals surface area (Å²) in [7, 11) is -0.878. The molecule has 22 nitrogen and oxygen atoms in total. The number of rotatable bonds is 25. The van der Waals surface area contributed by atoms with Crippen molar-refractivity contribution in [1.82, 2.24) is 19.0 Å². The van der Waals surface area contributed by atoms with Crippen molar-refractivity contribution < 1.29 is 80.7 Å². The molecule has 4 unspecified atom stereocenters. The predicted molar refractivity (Wildman–Crippen MR) is 521 cm³/mol. The van der Waals surface area contributed by atoms with Gasteiger partial charge in [-0.05, 0) is 307 Å². The van der Waals surface area contributed by atoms with E-state index in [1.807, 2.05) is 9.80 Å². The van der Waals surface area contributed by atoms with Crippen LogP contribution in [0.1, 0.15) is 325 Å². The first-order valence-electron chi connectivity index (χ1n) is 54.5. The second-order valence-corrected chi connectivity index (χ2v) is 51.0. The number of aliphatic hydroxyl groups excluding tert-OH is 2. The van der Waals surface area contributed by atoms with Crippen LogP contribution in [0.2, 0.25) is 0 Å². The van der Waals surface area contributed by atoms with E-state index in [1.54, 1.807) is 4.31 Å². The first-order chi connectivity index (χ1) is 63.7. The third-order valence-corrected chi connectivity index (χ3v) is 43.2. The van der Waals surface area contributed by atoms with Crippen LogP contribution in [-0.4, -0.2) is 253 Å². The van der Waals surface area contributed by atoms with Crippen molar-refractivity contribution in [3.8, 4) is 0 Å². The molecule has 23 heteroatoms. The summed E-state index contributed by atoms with van der Waals surface area (Å²) >= 11 is 0. The van der Waals surface area contributed by atoms with Crippen molar-refractivity contribution in [2.45, 2.75) is 398 Å². The second-order valence-electron chi connectivity index (χ2n) is 48.8. The molecule has 19 rings (SSSR count). The summed E-state index contributed by atoms with van der Waals surface area (Å²) in [6, 6.07) is 0. The highest BCUT2D eigenvalue weighted by Crippen LogP contribution is 2.68. The molecule has 756 valence electrons. The summed E-state index contributed by atoms with van der Waals surface area (Å²) in [6.45, 7) is 50.0. The molecule has 0 aromatic carbocycles. The molecule has 19 fully saturated rings. The van der Waals surface area contributed by atoms with Gasteiger partial charge in [-0.3, -0.25) is 14.5 Å². The van der Waals surface area contributed by atoms with Gasteiger partial charge in [0.1, 0.15) is 0 Å². The zero-order chi connectivity index (χ0) is 94.1. The molecule has 1 amide bonds. The van der Waals surface area contributed by atoms with Crippen LogP contribution in [0.5, 0.6) is 0 Å². The van der Waals surface area contributed by atoms with Gasteiger partial charge in [0.05, 0.1) is 93.6 Å². The lowest BCUT2D eigenvalue weighted by molar-refractivity contribution is -0.316. The molecule has 23 atom stereocenters. The van der Waals surface area contributed by atoms with Crippen LogP contribution in [0.3, 0.4) is 0 Å². The number of aliphatic carboxylic acids is 1. The lowest BCUT2D eigenvalue weighted by Gasteiger charge is -2.63. The van der Waals surface area contributed by atoms with Crippen molar-refractivity contribution in [3.63, 3.8) is 0 Å². The minimum Gasteiger partial charge on any atom is -0.480 e. The molecule has 0 spiro atoms. The van der Waals surface area contributed by atoms with Crippen LogP contribution < -0.4 is 5.73 Å². The van der Waals surface area contributed by atoms with Crippen molar-refractivity contribution in [2.24, 2.45) is 114 Å². The fourth-order valence-electron chi connectivity index (χ4n) is 32.5. The van der Waals surface area contributed by atoms with Crippen molar-refractivity contribution >= 4 is 21.9 Å². The third-order valence-electron chi connectivity index (χ3n) is 40.8. The van der Waals surface area contributed by atoms with Gasteiger partial charge in [0, 0.05) is 118 Å². The van der Waals surface area contributed by atoms with Crippen molar-refractivity contribution in [2.75, 3.05) is 125 Å². The number of aliphatic hydroxyl groups is 2. The minimum atomic E-state index is -3.06. The Kier molecular flexibility index (Phi) is 34.0. The van der Waals surface area contributed by atoms with E-state index in [0.717, 1.165) is 240 Å². The van der Waals surface area contributed by atoms with Crippen LogP contribution in [0.25, 0.3) is 0 Å². The maximum atomic E-state index is 12.5. The average molecular weight is 1880 g/mol. The number of nitrogens with zero attached hydrogens (tertiary/aromatic N) is 4. The van der Waals surface area contributed by atoms with E-state index in [2.05, 4.69) is 93.7 Å². The molecule has 12 saturated carbocycles. The van der Waals surface area contributed by atoms with E-state index in [-0.39, 0.29) is 111 Å². The number of sulfonamides is 1. The zero-order valence-electron chi connectivity index (χ0n) is 84.4. The van der Waals surface area contributed by atoms with Crippen LogP contribution in [0.4, 0.5) is 0 Å². The van der Waals surface area contributed by atoms with E-state index in [0.29, 0.717) is 103 Å². The molecular formula is C110H183N5O17S. The van der Waals surface area contributed by atoms with Gasteiger partial charge >= 0.3 is 5.97 Å². The largest absolute Gasteiger partial charge is 0.480 e. The van der Waals surface area contributed by atoms with Gasteiger partial charge in [-0.2, -0.15) is 0 Å². The van der Waals surface area contributed by atoms with Crippen molar-refractivity contribution in [3.05, 3.63) is 48.6 Å². The maximum absolute atomic E-state index is 12.5. The molecule has 12 aliphatic carbocycles. The van der Waals surface area contributed by atoms with Gasteiger partial charge in [-0.15, -0.1) is 0 Å². The highest BCUT2D eigenvalue weighted by molar-refractivity contribution is 7.90. The third kappa shape index (κ3) is 22.0. The van der Waals surface area contributed by atoms with E-state index in [4.69, 9.17) is 58.2 Å². The number of hydrogen-bond donors (Lipinski definition) is 4. The first kappa shape index (κ1) is 103. The molecular weight excluding hydrogens is 1700 g/mol. The molecule has 0 bridgehead atoms. The van der Waals surface area contributed by atoms with E-state index in [9.17, 15) is 28.2 Å². The summed E-state index contributed by atoms with van der Waals surface area (Å²) in [5.41, 5.74) is 11.7. The Labute approximate surface area is 803 Å². The first-order valence-corrected chi connectivity index (χ1v) is 56.0. The highest BCUT2D eigenvalue weighted by atomic mass is 32.2. The van der Waals surface area contributed by atoms with Crippen LogP contribution >= 0.6 is 0 Å². The monoisotopic (exact) mass is 1880 g/mol. The molecule has 7 saturated heterocycles. The fourth-order valence-corrected chi connectivity index (χ4v) is 34.4. The van der Waals surface area contributed by atoms with Gasteiger partial charge < -0.3 is 78.2 Å². The Morgan fingerprint density at radius 1 is 0.421 bits per heavy atom. The Hall–Kier alpha value is -2.79. The lowest BCUT2D eigenvalue weighted by atomic mass is 9.46. The summed E-state index contributed by atoms with van der Waals surface area (Å²) in [4.78, 5) is 29.1. The van der Waals surface area contributed by atoms with Gasteiger partial charge in [-0.25, -0.2) is 12.7 Å². The number of carbonyl (C=O) groups excluding carboxylic acids is 1. The topological polar surface area (TPSA) is 260 Å². The summed E-state index contributed by atoms with van der Waals surface area (Å²) in [5, 5.41) is 29.6. The van der Waals surface area contributed by atoms with Crippen LogP contribution in [0, 0.1) is 108 Å². The Morgan fingerprint density at radius 2 is 0.737 bits per heavy atom. The minimum absolute atomic E-state index is 0.0124. The van der Waals surface area contributed by atoms with Gasteiger partial charge in [0.15, 0.2) is 18.9 Å². The van der Waals surface area contributed by atoms with Gasteiger partial charge in [0.25, 0.3) is 0 Å². The molecule has 7 heterocycles. The van der Waals surface area contributed by atoms with E-state index < -0.39 is 22.1 Å². The number of likely N-dealkylation sites (tertiary alicyclic amines) is 3. The number of allylic oxidation sites excluding steroid dienone is 4. The average Bonchev–Trinajstić information content (AvgIpc) is 1.44. The SMILES string of the molecule is C=C1CCC2[C@](C)(CO)[C@H](O)CC[C@@]2(C)[C@@H]1CCOC1CCN(C)CC1.C=C1CCC2[C@]3(C)CO[C@@H](C4CCCC4)O[C@@H]3CC[C@@]2(C)[C@@H]1CCOC1CCN(C(=O)CN)CC1.C=C1CCC2[C@]3(C)CO[C@@H](C4CCCC4)O[C@@H]3CC[C@@]2(C)[C@@H]1CCOC1CCN(CC(=O)O)CC1.C=C1CCC2[C@]3(C)CO[C@@H](C4CCCC4)O[C@@H]3CC[C@@]2(C)[C@@H]1CCOC1CCN(S(=O)(=O)C2CC2)CC1. The number of fused-ring (bicyclic) bond motifs is 10. The van der Waals surface area contributed by atoms with Gasteiger partial charge in [0.2, 0.25) is 15.9 Å².